The minimum absolute atomic E-state index is 0.206. The summed E-state index contributed by atoms with van der Waals surface area (Å²) in [6, 6.07) is 3.60. The van der Waals surface area contributed by atoms with Gasteiger partial charge in [0.2, 0.25) is 5.88 Å². The predicted molar refractivity (Wildman–Crippen MR) is 92.3 cm³/mol. The van der Waals surface area contributed by atoms with Crippen LogP contribution in [0.4, 0.5) is 4.39 Å². The lowest BCUT2D eigenvalue weighted by atomic mass is 9.96. The summed E-state index contributed by atoms with van der Waals surface area (Å²) < 4.78 is 22.0. The molecule has 1 fully saturated rings. The van der Waals surface area contributed by atoms with Crippen LogP contribution in [0.15, 0.2) is 12.1 Å². The van der Waals surface area contributed by atoms with Gasteiger partial charge in [0.25, 0.3) is 5.91 Å². The number of rotatable bonds is 4. The zero-order chi connectivity index (χ0) is 17.6. The molecule has 2 heterocycles. The van der Waals surface area contributed by atoms with Crippen LogP contribution in [0, 0.1) is 12.7 Å². The number of nitrogens with zero attached hydrogens (tertiary/aromatic N) is 2. The normalized spacial score (nSPS) is 16.3. The molecule has 132 valence electrons. The molecule has 0 radical (unpaired) electrons. The molecule has 1 N–H and O–H groups in total. The van der Waals surface area contributed by atoms with Crippen molar-refractivity contribution in [1.29, 1.82) is 0 Å². The van der Waals surface area contributed by atoms with Crippen LogP contribution in [0.5, 0.6) is 5.88 Å². The molecular weight excluding hydrogens is 321 g/mol. The van der Waals surface area contributed by atoms with E-state index in [-0.39, 0.29) is 17.8 Å². The average molecular weight is 343 g/mol. The number of aryl methyl sites for hydroxylation is 3. The van der Waals surface area contributed by atoms with Crippen molar-refractivity contribution in [3.63, 3.8) is 0 Å². The van der Waals surface area contributed by atoms with Crippen molar-refractivity contribution < 1.29 is 13.9 Å². The van der Waals surface area contributed by atoms with Crippen LogP contribution in [0.2, 0.25) is 0 Å². The van der Waals surface area contributed by atoms with Crippen molar-refractivity contribution in [3.05, 3.63) is 34.8 Å². The lowest BCUT2D eigenvalue weighted by Crippen LogP contribution is -2.26. The molecule has 1 aromatic heterocycles. The first-order valence-electron chi connectivity index (χ1n) is 8.92. The predicted octanol–water partition coefficient (Wildman–Crippen LogP) is 3.23. The van der Waals surface area contributed by atoms with Gasteiger partial charge < -0.3 is 10.1 Å². The number of amides is 1. The van der Waals surface area contributed by atoms with E-state index >= 15 is 0 Å². The number of carbonyl (C=O) groups excluding carboxylic acids is 1. The number of hydrogen-bond acceptors (Lipinski definition) is 3. The number of halogens is 1. The van der Waals surface area contributed by atoms with Gasteiger partial charge >= 0.3 is 0 Å². The van der Waals surface area contributed by atoms with E-state index in [1.165, 1.54) is 6.07 Å². The van der Waals surface area contributed by atoms with Gasteiger partial charge in [0.1, 0.15) is 5.82 Å². The van der Waals surface area contributed by atoms with Crippen LogP contribution in [0.3, 0.4) is 0 Å². The zero-order valence-corrected chi connectivity index (χ0v) is 14.6. The molecule has 1 aromatic carbocycles. The van der Waals surface area contributed by atoms with Gasteiger partial charge in [-0.25, -0.2) is 9.07 Å². The summed E-state index contributed by atoms with van der Waals surface area (Å²) in [4.78, 5) is 12.7. The summed E-state index contributed by atoms with van der Waals surface area (Å²) in [6.45, 7) is 5.14. The number of fused-ring (bicyclic) bond motifs is 1. The van der Waals surface area contributed by atoms with E-state index in [4.69, 9.17) is 4.74 Å². The molecule has 1 amide bonds. The topological polar surface area (TPSA) is 56.2 Å². The van der Waals surface area contributed by atoms with Gasteiger partial charge in [-0.15, -0.1) is 0 Å². The second kappa shape index (κ2) is 6.17. The van der Waals surface area contributed by atoms with E-state index in [0.717, 1.165) is 24.8 Å². The standard InChI is InChI=1S/C19H22FN3O2/c1-3-12-9-11(2)14(10-15(12)20)16-17(18(24)21-13-5-6-13)22-23-7-4-8-25-19(16)23/h9-10,13H,3-8H2,1-2H3,(H,21,24). The Balaban J connectivity index is 1.86. The molecule has 0 unspecified atom stereocenters. The van der Waals surface area contributed by atoms with Crippen LogP contribution in [-0.4, -0.2) is 28.3 Å². The van der Waals surface area contributed by atoms with E-state index < -0.39 is 0 Å². The maximum absolute atomic E-state index is 14.4. The zero-order valence-electron chi connectivity index (χ0n) is 14.6. The third-order valence-corrected chi connectivity index (χ3v) is 4.83. The highest BCUT2D eigenvalue weighted by atomic mass is 19.1. The van der Waals surface area contributed by atoms with Crippen LogP contribution in [0.25, 0.3) is 11.1 Å². The molecule has 0 bridgehead atoms. The Morgan fingerprint density at radius 1 is 1.44 bits per heavy atom. The van der Waals surface area contributed by atoms with Gasteiger partial charge in [0, 0.05) is 19.0 Å². The highest BCUT2D eigenvalue weighted by molar-refractivity contribution is 6.01. The van der Waals surface area contributed by atoms with Gasteiger partial charge in [0.15, 0.2) is 5.69 Å². The molecule has 6 heteroatoms. The van der Waals surface area contributed by atoms with E-state index in [2.05, 4.69) is 10.4 Å². The van der Waals surface area contributed by atoms with E-state index in [1.54, 1.807) is 4.68 Å². The average Bonchev–Trinajstić information content (AvgIpc) is 3.33. The Morgan fingerprint density at radius 2 is 2.24 bits per heavy atom. The summed E-state index contributed by atoms with van der Waals surface area (Å²) in [6.07, 6.45) is 3.48. The Hall–Kier alpha value is -2.37. The van der Waals surface area contributed by atoms with E-state index in [0.29, 0.717) is 47.8 Å². The van der Waals surface area contributed by atoms with Crippen molar-refractivity contribution in [3.8, 4) is 17.0 Å². The number of hydrogen-bond donors (Lipinski definition) is 1. The second-order valence-corrected chi connectivity index (χ2v) is 6.81. The quantitative estimate of drug-likeness (QED) is 0.927. The Morgan fingerprint density at radius 3 is 2.96 bits per heavy atom. The summed E-state index contributed by atoms with van der Waals surface area (Å²) in [5, 5.41) is 7.46. The fourth-order valence-corrected chi connectivity index (χ4v) is 3.29. The van der Waals surface area contributed by atoms with Crippen molar-refractivity contribution >= 4 is 5.91 Å². The smallest absolute Gasteiger partial charge is 0.272 e. The van der Waals surface area contributed by atoms with Crippen molar-refractivity contribution in [2.45, 2.75) is 52.1 Å². The highest BCUT2D eigenvalue weighted by Crippen LogP contribution is 2.38. The minimum Gasteiger partial charge on any atom is -0.477 e. The largest absolute Gasteiger partial charge is 0.477 e. The Kier molecular flexibility index (Phi) is 3.98. The number of nitrogens with one attached hydrogen (secondary N) is 1. The van der Waals surface area contributed by atoms with Gasteiger partial charge in [0.05, 0.1) is 12.2 Å². The monoisotopic (exact) mass is 343 g/mol. The molecule has 0 spiro atoms. The first-order valence-corrected chi connectivity index (χ1v) is 8.92. The van der Waals surface area contributed by atoms with Gasteiger partial charge in [-0.3, -0.25) is 4.79 Å². The molecule has 1 aliphatic carbocycles. The fraction of sp³-hybridized carbons (Fsp3) is 0.474. The van der Waals surface area contributed by atoms with Crippen LogP contribution >= 0.6 is 0 Å². The van der Waals surface area contributed by atoms with Crippen LogP contribution in [-0.2, 0) is 13.0 Å². The molecule has 1 aliphatic heterocycles. The Labute approximate surface area is 146 Å². The molecule has 2 aliphatic rings. The number of carbonyl (C=O) groups is 1. The lowest BCUT2D eigenvalue weighted by Gasteiger charge is -2.17. The lowest BCUT2D eigenvalue weighted by molar-refractivity contribution is 0.0945. The molecule has 4 rings (SSSR count). The van der Waals surface area contributed by atoms with Crippen molar-refractivity contribution in [1.82, 2.24) is 15.1 Å². The molecule has 5 nitrogen and oxygen atoms in total. The summed E-state index contributed by atoms with van der Waals surface area (Å²) in [5.74, 6) is 0.105. The van der Waals surface area contributed by atoms with Gasteiger partial charge in [-0.2, -0.15) is 5.10 Å². The third kappa shape index (κ3) is 2.90. The molecule has 1 saturated carbocycles. The van der Waals surface area contributed by atoms with E-state index in [9.17, 15) is 9.18 Å². The maximum Gasteiger partial charge on any atom is 0.272 e. The SMILES string of the molecule is CCc1cc(C)c(-c2c(C(=O)NC3CC3)nn3c2OCCC3)cc1F. The first-order chi connectivity index (χ1) is 12.1. The first kappa shape index (κ1) is 16.1. The van der Waals surface area contributed by atoms with Crippen molar-refractivity contribution in [2.75, 3.05) is 6.61 Å². The second-order valence-electron chi connectivity index (χ2n) is 6.81. The number of aromatic nitrogens is 2. The molecular formula is C19H22FN3O2. The fourth-order valence-electron chi connectivity index (χ4n) is 3.29. The molecule has 2 aromatic rings. The summed E-state index contributed by atoms with van der Waals surface area (Å²) in [5.41, 5.74) is 3.21. The highest BCUT2D eigenvalue weighted by Gasteiger charge is 2.31. The van der Waals surface area contributed by atoms with Crippen molar-refractivity contribution in [2.24, 2.45) is 0 Å². The molecule has 0 saturated heterocycles. The number of ether oxygens (including phenoxy) is 1. The number of benzene rings is 1. The van der Waals surface area contributed by atoms with Crippen LogP contribution < -0.4 is 10.1 Å². The third-order valence-electron chi connectivity index (χ3n) is 4.83. The molecule has 25 heavy (non-hydrogen) atoms. The van der Waals surface area contributed by atoms with E-state index in [1.807, 2.05) is 19.9 Å². The summed E-state index contributed by atoms with van der Waals surface area (Å²) >= 11 is 0. The van der Waals surface area contributed by atoms with Crippen LogP contribution in [0.1, 0.15) is 47.8 Å². The molecule has 0 atom stereocenters. The maximum atomic E-state index is 14.4. The summed E-state index contributed by atoms with van der Waals surface area (Å²) in [7, 11) is 0. The van der Waals surface area contributed by atoms with Gasteiger partial charge in [-0.1, -0.05) is 13.0 Å². The van der Waals surface area contributed by atoms with Gasteiger partial charge in [-0.05, 0) is 48.9 Å². The minimum atomic E-state index is -0.257. The Bertz CT molecular complexity index is 840.